The first-order chi connectivity index (χ1) is 12.4. The topological polar surface area (TPSA) is 47.6 Å². The summed E-state index contributed by atoms with van der Waals surface area (Å²) in [5.41, 5.74) is 2.61. The zero-order valence-electron chi connectivity index (χ0n) is 15.0. The molecule has 1 aromatic carbocycles. The third-order valence-electron chi connectivity index (χ3n) is 5.18. The molecule has 1 aromatic rings. The van der Waals surface area contributed by atoms with Crippen LogP contribution < -0.4 is 10.1 Å². The molecule has 4 nitrogen and oxygen atoms in total. The Labute approximate surface area is 152 Å². The number of ether oxygens (including phenoxy) is 2. The standard InChI is InChI=1S/C20H25F2NO3/c1-3-18(24)23-16-10-13-8-9-25-19(13)14(11-16)12-26-17-6-4-15(5-7-17)20(2,21)22/h3,10-11,15,17H,1,4-9,12H2,2H3,(H,23,24). The second kappa shape index (κ2) is 7.74. The Morgan fingerprint density at radius 2 is 2.12 bits per heavy atom. The summed E-state index contributed by atoms with van der Waals surface area (Å²) in [4.78, 5) is 11.6. The molecule has 0 atom stereocenters. The Hall–Kier alpha value is -1.95. The van der Waals surface area contributed by atoms with E-state index in [4.69, 9.17) is 9.47 Å². The molecule has 1 fully saturated rings. The molecule has 0 saturated heterocycles. The Morgan fingerprint density at radius 1 is 1.38 bits per heavy atom. The predicted molar refractivity (Wildman–Crippen MR) is 95.6 cm³/mol. The zero-order chi connectivity index (χ0) is 18.7. The van der Waals surface area contributed by atoms with Gasteiger partial charge in [0.15, 0.2) is 0 Å². The van der Waals surface area contributed by atoms with Gasteiger partial charge in [-0.3, -0.25) is 4.79 Å². The molecule has 1 aliphatic heterocycles. The number of benzene rings is 1. The van der Waals surface area contributed by atoms with Crippen molar-refractivity contribution in [2.45, 2.75) is 57.7 Å². The smallest absolute Gasteiger partial charge is 0.248 e. The summed E-state index contributed by atoms with van der Waals surface area (Å²) in [6.07, 6.45) is 4.25. The van der Waals surface area contributed by atoms with Gasteiger partial charge in [-0.2, -0.15) is 0 Å². The van der Waals surface area contributed by atoms with E-state index in [-0.39, 0.29) is 12.0 Å². The highest BCUT2D eigenvalue weighted by Crippen LogP contribution is 2.38. The van der Waals surface area contributed by atoms with Gasteiger partial charge >= 0.3 is 0 Å². The molecule has 6 heteroatoms. The molecule has 0 spiro atoms. The summed E-state index contributed by atoms with van der Waals surface area (Å²) in [6.45, 7) is 5.41. The number of rotatable bonds is 6. The molecule has 142 valence electrons. The molecule has 26 heavy (non-hydrogen) atoms. The number of hydrogen-bond acceptors (Lipinski definition) is 3. The lowest BCUT2D eigenvalue weighted by molar-refractivity contribution is -0.111. The summed E-state index contributed by atoms with van der Waals surface area (Å²) in [7, 11) is 0. The van der Waals surface area contributed by atoms with Crippen LogP contribution in [0.25, 0.3) is 0 Å². The monoisotopic (exact) mass is 365 g/mol. The van der Waals surface area contributed by atoms with Crippen LogP contribution in [-0.2, 0) is 22.6 Å². The number of anilines is 1. The molecule has 2 aliphatic rings. The van der Waals surface area contributed by atoms with E-state index in [0.717, 1.165) is 30.2 Å². The Morgan fingerprint density at radius 3 is 2.77 bits per heavy atom. The van der Waals surface area contributed by atoms with Crippen LogP contribution in [0.15, 0.2) is 24.8 Å². The third kappa shape index (κ3) is 4.41. The van der Waals surface area contributed by atoms with Crippen molar-refractivity contribution in [3.05, 3.63) is 35.9 Å². The van der Waals surface area contributed by atoms with Crippen LogP contribution in [0.1, 0.15) is 43.7 Å². The number of fused-ring (bicyclic) bond motifs is 1. The number of alkyl halides is 2. The summed E-state index contributed by atoms with van der Waals surface area (Å²) in [6, 6.07) is 3.75. The Bertz CT molecular complexity index is 676. The van der Waals surface area contributed by atoms with Crippen LogP contribution in [0, 0.1) is 5.92 Å². The second-order valence-electron chi connectivity index (χ2n) is 7.16. The van der Waals surface area contributed by atoms with E-state index in [9.17, 15) is 13.6 Å². The first-order valence-electron chi connectivity index (χ1n) is 9.08. The highest BCUT2D eigenvalue weighted by Gasteiger charge is 2.37. The molecular formula is C20H25F2NO3. The van der Waals surface area contributed by atoms with Crippen molar-refractivity contribution in [3.63, 3.8) is 0 Å². The van der Waals surface area contributed by atoms with E-state index < -0.39 is 11.8 Å². The van der Waals surface area contributed by atoms with Gasteiger partial charge in [0.05, 0.1) is 19.3 Å². The van der Waals surface area contributed by atoms with Crippen molar-refractivity contribution in [3.8, 4) is 5.75 Å². The number of hydrogen-bond donors (Lipinski definition) is 1. The number of carbonyl (C=O) groups is 1. The molecule has 0 aromatic heterocycles. The maximum Gasteiger partial charge on any atom is 0.248 e. The first-order valence-corrected chi connectivity index (χ1v) is 9.08. The minimum absolute atomic E-state index is 0.0166. The molecule has 1 aliphatic carbocycles. The van der Waals surface area contributed by atoms with Crippen LogP contribution in [0.3, 0.4) is 0 Å². The van der Waals surface area contributed by atoms with Crippen LogP contribution in [0.5, 0.6) is 5.75 Å². The van der Waals surface area contributed by atoms with Crippen LogP contribution in [-0.4, -0.2) is 24.5 Å². The summed E-state index contributed by atoms with van der Waals surface area (Å²) < 4.78 is 38.5. The first kappa shape index (κ1) is 18.8. The Balaban J connectivity index is 1.63. The fourth-order valence-corrected chi connectivity index (χ4v) is 3.71. The minimum atomic E-state index is -2.61. The number of amides is 1. The lowest BCUT2D eigenvalue weighted by Crippen LogP contribution is -2.31. The van der Waals surface area contributed by atoms with Crippen LogP contribution in [0.2, 0.25) is 0 Å². The lowest BCUT2D eigenvalue weighted by Gasteiger charge is -2.32. The predicted octanol–water partition coefficient (Wildman–Crippen LogP) is 4.48. The van der Waals surface area contributed by atoms with E-state index in [1.165, 1.54) is 6.08 Å². The fourth-order valence-electron chi connectivity index (χ4n) is 3.71. The third-order valence-corrected chi connectivity index (χ3v) is 5.18. The Kier molecular flexibility index (Phi) is 5.61. The van der Waals surface area contributed by atoms with Crippen molar-refractivity contribution in [2.24, 2.45) is 5.92 Å². The molecule has 1 saturated carbocycles. The highest BCUT2D eigenvalue weighted by atomic mass is 19.3. The van der Waals surface area contributed by atoms with Gasteiger partial charge in [-0.25, -0.2) is 8.78 Å². The maximum absolute atomic E-state index is 13.4. The van der Waals surface area contributed by atoms with E-state index in [2.05, 4.69) is 11.9 Å². The van der Waals surface area contributed by atoms with Gasteiger partial charge in [0.1, 0.15) is 5.75 Å². The molecule has 3 rings (SSSR count). The minimum Gasteiger partial charge on any atom is -0.493 e. The van der Waals surface area contributed by atoms with Gasteiger partial charge in [-0.1, -0.05) is 6.58 Å². The van der Waals surface area contributed by atoms with Crippen molar-refractivity contribution >= 4 is 11.6 Å². The SMILES string of the molecule is C=CC(=O)Nc1cc2c(c(COC3CCC(C(C)(F)F)CC3)c1)OCC2. The summed E-state index contributed by atoms with van der Waals surface area (Å²) in [5.74, 6) is -2.62. The molecule has 0 radical (unpaired) electrons. The molecule has 1 amide bonds. The van der Waals surface area contributed by atoms with Gasteiger partial charge in [0, 0.05) is 23.6 Å². The maximum atomic E-state index is 13.4. The van der Waals surface area contributed by atoms with Gasteiger partial charge < -0.3 is 14.8 Å². The van der Waals surface area contributed by atoms with Crippen molar-refractivity contribution in [1.29, 1.82) is 0 Å². The largest absolute Gasteiger partial charge is 0.493 e. The fraction of sp³-hybridized carbons (Fsp3) is 0.550. The number of halogens is 2. The quantitative estimate of drug-likeness (QED) is 0.757. The zero-order valence-corrected chi connectivity index (χ0v) is 15.0. The molecule has 0 bridgehead atoms. The molecule has 1 heterocycles. The van der Waals surface area contributed by atoms with Crippen LogP contribution >= 0.6 is 0 Å². The van der Waals surface area contributed by atoms with Crippen molar-refractivity contribution < 1.29 is 23.0 Å². The van der Waals surface area contributed by atoms with Gasteiger partial charge in [-0.15, -0.1) is 0 Å². The van der Waals surface area contributed by atoms with Gasteiger partial charge in [0.2, 0.25) is 11.8 Å². The van der Waals surface area contributed by atoms with Gasteiger partial charge in [-0.05, 0) is 56.4 Å². The number of nitrogens with one attached hydrogen (secondary N) is 1. The lowest BCUT2D eigenvalue weighted by atomic mass is 9.84. The van der Waals surface area contributed by atoms with E-state index in [1.54, 1.807) is 0 Å². The van der Waals surface area contributed by atoms with Crippen LogP contribution in [0.4, 0.5) is 14.5 Å². The van der Waals surface area contributed by atoms with E-state index in [1.807, 2.05) is 12.1 Å². The summed E-state index contributed by atoms with van der Waals surface area (Å²) in [5, 5.41) is 2.77. The van der Waals surface area contributed by atoms with Crippen molar-refractivity contribution in [2.75, 3.05) is 11.9 Å². The number of carbonyl (C=O) groups excluding carboxylic acids is 1. The summed E-state index contributed by atoms with van der Waals surface area (Å²) >= 11 is 0. The van der Waals surface area contributed by atoms with Gasteiger partial charge in [0.25, 0.3) is 0 Å². The average Bonchev–Trinajstić information content (AvgIpc) is 3.07. The van der Waals surface area contributed by atoms with E-state index in [0.29, 0.717) is 44.6 Å². The normalized spacial score (nSPS) is 22.4. The molecule has 1 N–H and O–H groups in total. The average molecular weight is 365 g/mol. The second-order valence-corrected chi connectivity index (χ2v) is 7.16. The van der Waals surface area contributed by atoms with E-state index >= 15 is 0 Å². The molecule has 0 unspecified atom stereocenters. The molecular weight excluding hydrogens is 340 g/mol. The highest BCUT2D eigenvalue weighted by molar-refractivity contribution is 5.99. The van der Waals surface area contributed by atoms with Crippen molar-refractivity contribution in [1.82, 2.24) is 0 Å².